The van der Waals surface area contributed by atoms with E-state index in [2.05, 4.69) is 100 Å². The van der Waals surface area contributed by atoms with Crippen molar-refractivity contribution in [2.24, 2.45) is 0 Å². The van der Waals surface area contributed by atoms with Gasteiger partial charge < -0.3 is 13.6 Å². The Labute approximate surface area is 291 Å². The van der Waals surface area contributed by atoms with Crippen molar-refractivity contribution >= 4 is 65.6 Å². The maximum absolute atomic E-state index is 10.2. The first kappa shape index (κ1) is 28.4. The number of para-hydroxylation sites is 2. The Kier molecular flexibility index (Phi) is 5.97. The molecule has 0 aliphatic heterocycles. The molecule has 6 heteroatoms. The monoisotopic (exact) mass is 649 g/mol. The van der Waals surface area contributed by atoms with E-state index in [1.54, 1.807) is 12.1 Å². The maximum Gasteiger partial charge on any atom is 0.145 e. The van der Waals surface area contributed by atoms with Gasteiger partial charge in [0.1, 0.15) is 11.2 Å². The lowest BCUT2D eigenvalue weighted by Crippen LogP contribution is -1.97. The van der Waals surface area contributed by atoms with Crippen LogP contribution in [-0.2, 0) is 0 Å². The third-order valence-corrected chi connectivity index (χ3v) is 9.95. The van der Waals surface area contributed by atoms with Gasteiger partial charge in [-0.1, -0.05) is 48.5 Å². The molecule has 0 saturated carbocycles. The van der Waals surface area contributed by atoms with Gasteiger partial charge in [-0.3, -0.25) is 0 Å². The van der Waals surface area contributed by atoms with E-state index in [1.165, 1.54) is 0 Å². The SMILES string of the molecule is N#Cc1cc(-c2cccc(-n3c4ccccc4c4c5oc6ccccc6c5ccc43)c2)cc(-n2c3ccc(C#N)cc3c3cc(C#N)ccc32)c1. The summed E-state index contributed by atoms with van der Waals surface area (Å²) in [5.41, 5.74) is 10.9. The van der Waals surface area contributed by atoms with Crippen molar-refractivity contribution in [1.29, 1.82) is 15.8 Å². The number of nitrogens with zero attached hydrogens (tertiary/aromatic N) is 5. The van der Waals surface area contributed by atoms with Crippen molar-refractivity contribution in [2.45, 2.75) is 0 Å². The van der Waals surface area contributed by atoms with Gasteiger partial charge in [-0.25, -0.2) is 0 Å². The van der Waals surface area contributed by atoms with Crippen LogP contribution in [0.15, 0.2) is 144 Å². The third kappa shape index (κ3) is 4.14. The minimum Gasteiger partial charge on any atom is -0.455 e. The molecule has 0 saturated heterocycles. The van der Waals surface area contributed by atoms with Crippen LogP contribution in [0, 0.1) is 34.0 Å². The summed E-state index contributed by atoms with van der Waals surface area (Å²) < 4.78 is 10.9. The summed E-state index contributed by atoms with van der Waals surface area (Å²) in [6.45, 7) is 0. The molecular weight excluding hydrogens is 627 g/mol. The second-order valence-electron chi connectivity index (χ2n) is 12.7. The van der Waals surface area contributed by atoms with E-state index in [-0.39, 0.29) is 0 Å². The lowest BCUT2D eigenvalue weighted by atomic mass is 10.0. The van der Waals surface area contributed by atoms with Crippen molar-refractivity contribution in [3.63, 3.8) is 0 Å². The predicted octanol–water partition coefficient (Wildman–Crippen LogP) is 11.1. The second-order valence-corrected chi connectivity index (χ2v) is 12.7. The highest BCUT2D eigenvalue weighted by Crippen LogP contribution is 2.41. The molecule has 3 aromatic heterocycles. The standard InChI is InChI=1S/C45H23N5O/c46-24-27-12-15-40-37(20-27)38-21-28(25-47)13-16-41(38)50(40)33-19-29(26-48)18-31(23-33)30-6-5-7-32(22-30)49-39-10-3-1-9-36(39)44-42(49)17-14-35-34-8-2-4-11-43(34)51-45(35)44/h1-23H. The Bertz CT molecular complexity index is 3170. The first-order valence-electron chi connectivity index (χ1n) is 16.5. The summed E-state index contributed by atoms with van der Waals surface area (Å²) in [6.07, 6.45) is 0. The fourth-order valence-electron chi connectivity index (χ4n) is 7.75. The molecule has 0 bridgehead atoms. The Morgan fingerprint density at radius 2 is 1.04 bits per heavy atom. The average Bonchev–Trinajstić information content (AvgIpc) is 3.84. The zero-order valence-corrected chi connectivity index (χ0v) is 26.9. The summed E-state index contributed by atoms with van der Waals surface area (Å²) in [4.78, 5) is 0. The van der Waals surface area contributed by atoms with Crippen LogP contribution in [0.3, 0.4) is 0 Å². The third-order valence-electron chi connectivity index (χ3n) is 9.95. The fourth-order valence-corrected chi connectivity index (χ4v) is 7.75. The highest BCUT2D eigenvalue weighted by Gasteiger charge is 2.20. The molecule has 0 atom stereocenters. The van der Waals surface area contributed by atoms with Gasteiger partial charge in [0.15, 0.2) is 0 Å². The van der Waals surface area contributed by atoms with E-state index in [0.29, 0.717) is 16.7 Å². The van der Waals surface area contributed by atoms with Gasteiger partial charge in [0, 0.05) is 38.3 Å². The summed E-state index contributed by atoms with van der Waals surface area (Å²) in [7, 11) is 0. The second kappa shape index (κ2) is 10.7. The van der Waals surface area contributed by atoms with E-state index in [1.807, 2.05) is 54.6 Å². The molecule has 51 heavy (non-hydrogen) atoms. The first-order chi connectivity index (χ1) is 25.1. The number of hydrogen-bond acceptors (Lipinski definition) is 4. The van der Waals surface area contributed by atoms with Crippen molar-refractivity contribution in [3.8, 4) is 40.7 Å². The number of aromatic nitrogens is 2. The molecule has 0 amide bonds. The highest BCUT2D eigenvalue weighted by molar-refractivity contribution is 6.23. The molecule has 0 radical (unpaired) electrons. The van der Waals surface area contributed by atoms with Gasteiger partial charge in [0.25, 0.3) is 0 Å². The molecule has 10 aromatic rings. The molecule has 0 spiro atoms. The minimum atomic E-state index is 0.523. The molecule has 0 fully saturated rings. The van der Waals surface area contributed by atoms with Crippen LogP contribution in [0.1, 0.15) is 16.7 Å². The van der Waals surface area contributed by atoms with Gasteiger partial charge in [-0.2, -0.15) is 15.8 Å². The molecule has 0 aliphatic carbocycles. The molecule has 0 aliphatic rings. The molecule has 6 nitrogen and oxygen atoms in total. The highest BCUT2D eigenvalue weighted by atomic mass is 16.3. The lowest BCUT2D eigenvalue weighted by molar-refractivity contribution is 0.673. The van der Waals surface area contributed by atoms with E-state index in [0.717, 1.165) is 88.1 Å². The summed E-state index contributed by atoms with van der Waals surface area (Å²) in [6, 6.07) is 53.2. The number of hydrogen-bond donors (Lipinski definition) is 0. The zero-order chi connectivity index (χ0) is 34.2. The predicted molar refractivity (Wildman–Crippen MR) is 202 cm³/mol. The van der Waals surface area contributed by atoms with Crippen molar-refractivity contribution in [1.82, 2.24) is 9.13 Å². The molecular formula is C45H23N5O. The Balaban J connectivity index is 1.19. The summed E-state index contributed by atoms with van der Waals surface area (Å²) in [5, 5.41) is 35.7. The molecule has 234 valence electrons. The van der Waals surface area contributed by atoms with Crippen LogP contribution < -0.4 is 0 Å². The normalized spacial score (nSPS) is 11.5. The van der Waals surface area contributed by atoms with E-state index < -0.39 is 0 Å². The number of nitriles is 3. The first-order valence-corrected chi connectivity index (χ1v) is 16.5. The largest absolute Gasteiger partial charge is 0.455 e. The molecule has 3 heterocycles. The number of rotatable bonds is 3. The lowest BCUT2D eigenvalue weighted by Gasteiger charge is -2.13. The molecule has 0 N–H and O–H groups in total. The van der Waals surface area contributed by atoms with Crippen molar-refractivity contribution in [2.75, 3.05) is 0 Å². The van der Waals surface area contributed by atoms with Crippen LogP contribution in [0.5, 0.6) is 0 Å². The van der Waals surface area contributed by atoms with Gasteiger partial charge in [0.2, 0.25) is 0 Å². The van der Waals surface area contributed by atoms with Crippen molar-refractivity contribution < 1.29 is 4.42 Å². The van der Waals surface area contributed by atoms with Crippen LogP contribution in [0.4, 0.5) is 0 Å². The quantitative estimate of drug-likeness (QED) is 0.190. The van der Waals surface area contributed by atoms with Gasteiger partial charge in [-0.05, 0) is 102 Å². The van der Waals surface area contributed by atoms with Crippen LogP contribution in [-0.4, -0.2) is 9.13 Å². The van der Waals surface area contributed by atoms with E-state index in [9.17, 15) is 15.8 Å². The number of fused-ring (bicyclic) bond motifs is 10. The molecule has 7 aromatic carbocycles. The van der Waals surface area contributed by atoms with Crippen LogP contribution >= 0.6 is 0 Å². The topological polar surface area (TPSA) is 94.4 Å². The molecule has 10 rings (SSSR count). The zero-order valence-electron chi connectivity index (χ0n) is 26.9. The Morgan fingerprint density at radius 1 is 0.412 bits per heavy atom. The Morgan fingerprint density at radius 3 is 1.78 bits per heavy atom. The van der Waals surface area contributed by atoms with E-state index >= 15 is 0 Å². The minimum absolute atomic E-state index is 0.523. The number of benzene rings is 7. The maximum atomic E-state index is 10.2. The summed E-state index contributed by atoms with van der Waals surface area (Å²) in [5.74, 6) is 0. The number of furan rings is 1. The average molecular weight is 650 g/mol. The van der Waals surface area contributed by atoms with Crippen LogP contribution in [0.25, 0.3) is 88.1 Å². The fraction of sp³-hybridized carbons (Fsp3) is 0. The van der Waals surface area contributed by atoms with Crippen LogP contribution in [0.2, 0.25) is 0 Å². The molecule has 0 unspecified atom stereocenters. The van der Waals surface area contributed by atoms with Gasteiger partial charge >= 0.3 is 0 Å². The van der Waals surface area contributed by atoms with Gasteiger partial charge in [-0.15, -0.1) is 0 Å². The van der Waals surface area contributed by atoms with E-state index in [4.69, 9.17) is 4.42 Å². The smallest absolute Gasteiger partial charge is 0.145 e. The van der Waals surface area contributed by atoms with Gasteiger partial charge in [0.05, 0.1) is 62.4 Å². The van der Waals surface area contributed by atoms with Crippen molar-refractivity contribution in [3.05, 3.63) is 156 Å². The summed E-state index contributed by atoms with van der Waals surface area (Å²) >= 11 is 0. The Hall–Kier alpha value is -7.59.